The Balaban J connectivity index is 2.18. The molecule has 0 saturated carbocycles. The van der Waals surface area contributed by atoms with Crippen LogP contribution in [-0.2, 0) is 17.1 Å². The Hall–Kier alpha value is -1.67. The molecule has 0 amide bonds. The van der Waals surface area contributed by atoms with E-state index in [4.69, 9.17) is 0 Å². The first-order valence-electron chi connectivity index (χ1n) is 4.99. The Labute approximate surface area is 98.9 Å². The number of aryl methyl sites for hydroxylation is 1. The van der Waals surface area contributed by atoms with Gasteiger partial charge in [-0.2, -0.15) is 10.2 Å². The summed E-state index contributed by atoms with van der Waals surface area (Å²) in [5, 5.41) is 10.2. The van der Waals surface area contributed by atoms with E-state index in [2.05, 4.69) is 20.0 Å². The first-order chi connectivity index (χ1) is 7.99. The molecular weight excluding hydrogens is 242 g/mol. The second-order valence-corrected chi connectivity index (χ2v) is 5.44. The Kier molecular flexibility index (Phi) is 2.99. The van der Waals surface area contributed by atoms with E-state index in [-0.39, 0.29) is 10.9 Å². The fraction of sp³-hybridized carbons (Fsp3) is 0.333. The zero-order valence-electron chi connectivity index (χ0n) is 9.45. The first-order valence-corrected chi connectivity index (χ1v) is 6.47. The van der Waals surface area contributed by atoms with E-state index in [1.54, 1.807) is 26.4 Å². The molecule has 0 bridgehead atoms. The fourth-order valence-electron chi connectivity index (χ4n) is 1.40. The minimum absolute atomic E-state index is 0.148. The lowest BCUT2D eigenvalue weighted by molar-refractivity contribution is 0.567. The number of H-pyrrole nitrogens is 1. The van der Waals surface area contributed by atoms with Gasteiger partial charge in [0, 0.05) is 31.0 Å². The van der Waals surface area contributed by atoms with E-state index in [1.165, 1.54) is 17.1 Å². The Morgan fingerprint density at radius 1 is 1.47 bits per heavy atom. The molecule has 2 aromatic heterocycles. The zero-order chi connectivity index (χ0) is 12.5. The van der Waals surface area contributed by atoms with Gasteiger partial charge in [-0.1, -0.05) is 0 Å². The van der Waals surface area contributed by atoms with Crippen LogP contribution in [0.15, 0.2) is 29.7 Å². The third-order valence-corrected chi connectivity index (χ3v) is 3.84. The van der Waals surface area contributed by atoms with Crippen LogP contribution < -0.4 is 4.72 Å². The van der Waals surface area contributed by atoms with Gasteiger partial charge < -0.3 is 0 Å². The van der Waals surface area contributed by atoms with Crippen LogP contribution in [0.4, 0.5) is 0 Å². The van der Waals surface area contributed by atoms with Crippen LogP contribution >= 0.6 is 0 Å². The van der Waals surface area contributed by atoms with Crippen LogP contribution in [0.5, 0.6) is 0 Å². The molecule has 0 spiro atoms. The Morgan fingerprint density at radius 2 is 2.24 bits per heavy atom. The van der Waals surface area contributed by atoms with E-state index in [1.807, 2.05) is 0 Å². The Morgan fingerprint density at radius 3 is 2.76 bits per heavy atom. The average molecular weight is 255 g/mol. The Bertz CT molecular complexity index is 587. The molecule has 0 aliphatic rings. The molecule has 0 aromatic carbocycles. The fourth-order valence-corrected chi connectivity index (χ4v) is 2.62. The van der Waals surface area contributed by atoms with Crippen LogP contribution in [0, 0.1) is 0 Å². The number of nitrogens with one attached hydrogen (secondary N) is 2. The van der Waals surface area contributed by atoms with Gasteiger partial charge in [-0.15, -0.1) is 0 Å². The number of rotatable bonds is 4. The van der Waals surface area contributed by atoms with Crippen LogP contribution in [0.25, 0.3) is 0 Å². The van der Waals surface area contributed by atoms with Crippen molar-refractivity contribution >= 4 is 10.0 Å². The van der Waals surface area contributed by atoms with E-state index in [0.717, 1.165) is 5.56 Å². The minimum Gasteiger partial charge on any atom is -0.285 e. The molecule has 0 aliphatic carbocycles. The quantitative estimate of drug-likeness (QED) is 0.815. The third kappa shape index (κ3) is 2.53. The molecule has 2 heterocycles. The van der Waals surface area contributed by atoms with Crippen molar-refractivity contribution in [2.24, 2.45) is 7.05 Å². The van der Waals surface area contributed by atoms with Gasteiger partial charge in [-0.3, -0.25) is 9.78 Å². The van der Waals surface area contributed by atoms with Crippen molar-refractivity contribution in [3.8, 4) is 0 Å². The van der Waals surface area contributed by atoms with Crippen LogP contribution in [-0.4, -0.2) is 28.4 Å². The molecule has 7 nitrogen and oxygen atoms in total. The van der Waals surface area contributed by atoms with Crippen LogP contribution in [0.1, 0.15) is 18.5 Å². The highest BCUT2D eigenvalue weighted by atomic mass is 32.2. The predicted molar refractivity (Wildman–Crippen MR) is 60.5 cm³/mol. The molecule has 0 radical (unpaired) electrons. The summed E-state index contributed by atoms with van der Waals surface area (Å²) in [5.41, 5.74) is 0.775. The molecule has 2 N–H and O–H groups in total. The number of aromatic nitrogens is 4. The first kappa shape index (κ1) is 11.8. The second-order valence-electron chi connectivity index (χ2n) is 3.72. The number of aromatic amines is 1. The van der Waals surface area contributed by atoms with Gasteiger partial charge in [0.05, 0.1) is 12.4 Å². The molecule has 1 unspecified atom stereocenters. The van der Waals surface area contributed by atoms with Crippen molar-refractivity contribution in [1.29, 1.82) is 0 Å². The summed E-state index contributed by atoms with van der Waals surface area (Å²) >= 11 is 0. The summed E-state index contributed by atoms with van der Waals surface area (Å²) in [4.78, 5) is 0.148. The van der Waals surface area contributed by atoms with E-state index >= 15 is 0 Å². The molecule has 0 saturated heterocycles. The van der Waals surface area contributed by atoms with E-state index < -0.39 is 10.0 Å². The smallest absolute Gasteiger partial charge is 0.244 e. The zero-order valence-corrected chi connectivity index (χ0v) is 10.3. The molecule has 2 aromatic rings. The summed E-state index contributed by atoms with van der Waals surface area (Å²) in [5.74, 6) is 0. The molecule has 0 aliphatic heterocycles. The van der Waals surface area contributed by atoms with Gasteiger partial charge in [0.2, 0.25) is 10.0 Å². The molecule has 17 heavy (non-hydrogen) atoms. The average Bonchev–Trinajstić information content (AvgIpc) is 2.86. The van der Waals surface area contributed by atoms with Gasteiger partial charge >= 0.3 is 0 Å². The molecule has 2 rings (SSSR count). The predicted octanol–water partition coefficient (Wildman–Crippen LogP) is 0.183. The summed E-state index contributed by atoms with van der Waals surface area (Å²) in [6.07, 6.45) is 5.99. The normalized spacial score (nSPS) is 13.8. The molecule has 1 atom stereocenters. The highest BCUT2D eigenvalue weighted by Gasteiger charge is 2.20. The second kappa shape index (κ2) is 4.30. The minimum atomic E-state index is -3.54. The molecule has 8 heteroatoms. The van der Waals surface area contributed by atoms with Crippen molar-refractivity contribution in [1.82, 2.24) is 24.7 Å². The SMILES string of the molecule is CC(NS(=O)(=O)c1cnn(C)c1)c1cn[nH]c1. The number of sulfonamides is 1. The molecule has 0 fully saturated rings. The number of hydrogen-bond acceptors (Lipinski definition) is 4. The number of hydrogen-bond donors (Lipinski definition) is 2. The molecular formula is C9H13N5O2S. The third-order valence-electron chi connectivity index (χ3n) is 2.34. The lowest BCUT2D eigenvalue weighted by atomic mass is 10.2. The van der Waals surface area contributed by atoms with Gasteiger partial charge in [0.1, 0.15) is 4.90 Å². The monoisotopic (exact) mass is 255 g/mol. The number of nitrogens with zero attached hydrogens (tertiary/aromatic N) is 3. The van der Waals surface area contributed by atoms with Crippen molar-refractivity contribution in [3.05, 3.63) is 30.4 Å². The van der Waals surface area contributed by atoms with Crippen molar-refractivity contribution in [2.75, 3.05) is 0 Å². The van der Waals surface area contributed by atoms with Crippen molar-refractivity contribution in [3.63, 3.8) is 0 Å². The topological polar surface area (TPSA) is 92.7 Å². The lowest BCUT2D eigenvalue weighted by Crippen LogP contribution is -2.26. The van der Waals surface area contributed by atoms with E-state index in [0.29, 0.717) is 0 Å². The maximum absolute atomic E-state index is 12.0. The van der Waals surface area contributed by atoms with Crippen molar-refractivity contribution < 1.29 is 8.42 Å². The maximum atomic E-state index is 12.0. The summed E-state index contributed by atoms with van der Waals surface area (Å²) < 4.78 is 27.9. The standard InChI is InChI=1S/C9H13N5O2S/c1-7(8-3-10-11-4-8)13-17(15,16)9-5-12-14(2)6-9/h3-7,13H,1-2H3,(H,10,11). The van der Waals surface area contributed by atoms with Crippen molar-refractivity contribution in [2.45, 2.75) is 17.9 Å². The van der Waals surface area contributed by atoms with Crippen LogP contribution in [0.3, 0.4) is 0 Å². The van der Waals surface area contributed by atoms with Gasteiger partial charge in [0.25, 0.3) is 0 Å². The van der Waals surface area contributed by atoms with Gasteiger partial charge in [-0.05, 0) is 6.92 Å². The maximum Gasteiger partial charge on any atom is 0.244 e. The van der Waals surface area contributed by atoms with E-state index in [9.17, 15) is 8.42 Å². The summed E-state index contributed by atoms with van der Waals surface area (Å²) in [6, 6.07) is -0.348. The highest BCUT2D eigenvalue weighted by Crippen LogP contribution is 2.14. The largest absolute Gasteiger partial charge is 0.285 e. The highest BCUT2D eigenvalue weighted by molar-refractivity contribution is 7.89. The van der Waals surface area contributed by atoms with Gasteiger partial charge in [-0.25, -0.2) is 13.1 Å². The molecule has 92 valence electrons. The summed E-state index contributed by atoms with van der Waals surface area (Å²) in [7, 11) is -1.87. The lowest BCUT2D eigenvalue weighted by Gasteiger charge is -2.10. The van der Waals surface area contributed by atoms with Gasteiger partial charge in [0.15, 0.2) is 0 Å². The summed E-state index contributed by atoms with van der Waals surface area (Å²) in [6.45, 7) is 1.75. The van der Waals surface area contributed by atoms with Crippen LogP contribution in [0.2, 0.25) is 0 Å².